The molecule has 3 aromatic rings. The average molecular weight is 448 g/mol. The first-order valence-electron chi connectivity index (χ1n) is 7.75. The number of ether oxygens (including phenoxy) is 2. The number of nitrogens with one attached hydrogen (secondary N) is 1. The van der Waals surface area contributed by atoms with Crippen molar-refractivity contribution in [1.82, 2.24) is 9.97 Å². The van der Waals surface area contributed by atoms with Crippen LogP contribution >= 0.6 is 22.9 Å². The number of amides is 1. The molecule has 0 bridgehead atoms. The molecule has 29 heavy (non-hydrogen) atoms. The van der Waals surface area contributed by atoms with Crippen molar-refractivity contribution >= 4 is 34.8 Å². The second kappa shape index (κ2) is 9.05. The lowest BCUT2D eigenvalue weighted by Gasteiger charge is -2.13. The van der Waals surface area contributed by atoms with Crippen molar-refractivity contribution in [3.8, 4) is 22.8 Å². The molecule has 0 saturated heterocycles. The molecule has 0 aliphatic heterocycles. The maximum atomic E-state index is 12.7. The minimum Gasteiger partial charge on any atom is -0.435 e. The Morgan fingerprint density at radius 3 is 2.48 bits per heavy atom. The molecule has 1 aromatic carbocycles. The van der Waals surface area contributed by atoms with Gasteiger partial charge in [-0.05, 0) is 36.4 Å². The highest BCUT2D eigenvalue weighted by atomic mass is 35.5. The minimum atomic E-state index is -3.15. The molecule has 0 saturated carbocycles. The summed E-state index contributed by atoms with van der Waals surface area (Å²) in [4.78, 5) is 20.5. The van der Waals surface area contributed by atoms with Crippen LogP contribution in [0, 0.1) is 0 Å². The zero-order valence-corrected chi connectivity index (χ0v) is 15.7. The molecule has 12 heteroatoms. The Morgan fingerprint density at radius 1 is 1.07 bits per heavy atom. The largest absolute Gasteiger partial charge is 0.435 e. The first kappa shape index (κ1) is 20.8. The molecule has 2 aromatic heterocycles. The topological polar surface area (TPSA) is 73.3 Å². The molecule has 152 valence electrons. The van der Waals surface area contributed by atoms with Gasteiger partial charge < -0.3 is 9.47 Å². The van der Waals surface area contributed by atoms with Gasteiger partial charge >= 0.3 is 13.2 Å². The van der Waals surface area contributed by atoms with E-state index >= 15 is 0 Å². The summed E-state index contributed by atoms with van der Waals surface area (Å²) in [6, 6.07) is 7.55. The Balaban J connectivity index is 1.92. The van der Waals surface area contributed by atoms with E-state index in [4.69, 9.17) is 11.6 Å². The smallest absolute Gasteiger partial charge is 0.387 e. The number of aromatic nitrogens is 2. The van der Waals surface area contributed by atoms with Crippen molar-refractivity contribution in [2.45, 2.75) is 13.2 Å². The molecule has 0 radical (unpaired) electrons. The average Bonchev–Trinajstić information content (AvgIpc) is 3.09. The molecule has 0 aliphatic carbocycles. The molecule has 1 amide bonds. The van der Waals surface area contributed by atoms with E-state index in [2.05, 4.69) is 24.8 Å². The Labute approximate surface area is 170 Å². The van der Waals surface area contributed by atoms with Crippen molar-refractivity contribution < 1.29 is 31.8 Å². The van der Waals surface area contributed by atoms with E-state index < -0.39 is 19.1 Å². The van der Waals surface area contributed by atoms with E-state index in [1.807, 2.05) is 0 Å². The van der Waals surface area contributed by atoms with Crippen LogP contribution in [0.2, 0.25) is 4.34 Å². The first-order chi connectivity index (χ1) is 13.8. The fraction of sp³-hybridized carbons (Fsp3) is 0.118. The maximum absolute atomic E-state index is 12.7. The lowest BCUT2D eigenvalue weighted by atomic mass is 10.1. The Bertz CT molecular complexity index is 1020. The molecule has 2 heterocycles. The number of carbonyl (C=O) groups excluding carboxylic acids is 1. The third kappa shape index (κ3) is 5.55. The monoisotopic (exact) mass is 447 g/mol. The van der Waals surface area contributed by atoms with Gasteiger partial charge in [0.05, 0.1) is 14.9 Å². The number of halogens is 5. The Kier molecular flexibility index (Phi) is 6.49. The van der Waals surface area contributed by atoms with Crippen molar-refractivity contribution in [2.75, 3.05) is 5.32 Å². The van der Waals surface area contributed by atoms with E-state index in [9.17, 15) is 22.4 Å². The summed E-state index contributed by atoms with van der Waals surface area (Å²) < 4.78 is 59.5. The Morgan fingerprint density at radius 2 is 1.83 bits per heavy atom. The predicted octanol–water partition coefficient (Wildman–Crippen LogP) is 5.31. The summed E-state index contributed by atoms with van der Waals surface area (Å²) in [6.07, 6.45) is 1.26. The van der Waals surface area contributed by atoms with Crippen LogP contribution in [0.15, 0.2) is 42.6 Å². The molecule has 0 unspecified atom stereocenters. The molecule has 0 spiro atoms. The highest BCUT2D eigenvalue weighted by Gasteiger charge is 2.17. The van der Waals surface area contributed by atoms with Crippen molar-refractivity contribution in [3.05, 3.63) is 51.8 Å². The quantitative estimate of drug-likeness (QED) is 0.497. The molecule has 6 nitrogen and oxygen atoms in total. The number of thiophene rings is 1. The number of nitrogens with zero attached hydrogens (tertiary/aromatic N) is 2. The van der Waals surface area contributed by atoms with Crippen LogP contribution in [0.1, 0.15) is 9.67 Å². The summed E-state index contributed by atoms with van der Waals surface area (Å²) in [5.41, 5.74) is -0.0182. The highest BCUT2D eigenvalue weighted by Crippen LogP contribution is 2.34. The molecular formula is C17H10ClF4N3O3S. The third-order valence-electron chi connectivity index (χ3n) is 3.35. The van der Waals surface area contributed by atoms with E-state index in [0.29, 0.717) is 9.21 Å². The van der Waals surface area contributed by atoms with E-state index in [0.717, 1.165) is 29.5 Å². The zero-order valence-electron chi connectivity index (χ0n) is 14.1. The van der Waals surface area contributed by atoms with Gasteiger partial charge in [-0.3, -0.25) is 10.1 Å². The normalized spacial score (nSPS) is 11.0. The molecule has 0 aliphatic rings. The van der Waals surface area contributed by atoms with Gasteiger partial charge in [0.15, 0.2) is 0 Å². The fourth-order valence-corrected chi connectivity index (χ4v) is 3.19. The molecule has 0 atom stereocenters. The van der Waals surface area contributed by atoms with E-state index in [1.165, 1.54) is 18.3 Å². The van der Waals surface area contributed by atoms with Gasteiger partial charge in [-0.25, -0.2) is 9.97 Å². The molecule has 3 rings (SSSR count). The fourth-order valence-electron chi connectivity index (χ4n) is 2.25. The van der Waals surface area contributed by atoms with Crippen molar-refractivity contribution in [3.63, 3.8) is 0 Å². The van der Waals surface area contributed by atoms with Crippen LogP contribution in [0.3, 0.4) is 0 Å². The SMILES string of the molecule is O=C(Nc1nccc(-c2cc(OC(F)F)ccc2OC(F)F)n1)c1ccc(Cl)s1. The van der Waals surface area contributed by atoms with Gasteiger partial charge in [-0.1, -0.05) is 11.6 Å². The standard InChI is InChI=1S/C17H10ClF4N3O3S/c18-13-4-3-12(29-13)14(26)25-17-23-6-5-10(24-17)9-7-8(27-15(19)20)1-2-11(9)28-16(21)22/h1-7,15-16H,(H,23,24,25,26). The van der Waals surface area contributed by atoms with Crippen molar-refractivity contribution in [1.29, 1.82) is 0 Å². The maximum Gasteiger partial charge on any atom is 0.387 e. The number of rotatable bonds is 7. The number of carbonyl (C=O) groups is 1. The van der Waals surface area contributed by atoms with E-state index in [1.54, 1.807) is 6.07 Å². The number of hydrogen-bond donors (Lipinski definition) is 1. The summed E-state index contributed by atoms with van der Waals surface area (Å²) >= 11 is 6.83. The van der Waals surface area contributed by atoms with Gasteiger partial charge in [0, 0.05) is 11.8 Å². The van der Waals surface area contributed by atoms with Gasteiger partial charge in [0.2, 0.25) is 5.95 Å². The first-order valence-corrected chi connectivity index (χ1v) is 8.95. The van der Waals surface area contributed by atoms with Crippen LogP contribution in [-0.2, 0) is 0 Å². The number of benzene rings is 1. The number of hydrogen-bond acceptors (Lipinski definition) is 6. The summed E-state index contributed by atoms with van der Waals surface area (Å²) in [5.74, 6) is -1.27. The highest BCUT2D eigenvalue weighted by molar-refractivity contribution is 7.18. The Hall–Kier alpha value is -2.92. The van der Waals surface area contributed by atoms with Crippen LogP contribution < -0.4 is 14.8 Å². The van der Waals surface area contributed by atoms with Gasteiger partial charge in [0.25, 0.3) is 5.91 Å². The van der Waals surface area contributed by atoms with Crippen molar-refractivity contribution in [2.24, 2.45) is 0 Å². The van der Waals surface area contributed by atoms with Crippen LogP contribution in [-0.4, -0.2) is 29.1 Å². The van der Waals surface area contributed by atoms with E-state index in [-0.39, 0.29) is 28.7 Å². The summed E-state index contributed by atoms with van der Waals surface area (Å²) in [7, 11) is 0. The second-order valence-electron chi connectivity index (χ2n) is 5.24. The van der Waals surface area contributed by atoms with Gasteiger partial charge in [-0.2, -0.15) is 17.6 Å². The van der Waals surface area contributed by atoms with Crippen LogP contribution in [0.4, 0.5) is 23.5 Å². The second-order valence-corrected chi connectivity index (χ2v) is 6.95. The number of alkyl halides is 4. The molecule has 0 fully saturated rings. The molecule has 1 N–H and O–H groups in total. The third-order valence-corrected chi connectivity index (χ3v) is 4.58. The summed E-state index contributed by atoms with van der Waals surface area (Å²) in [6.45, 7) is -6.26. The summed E-state index contributed by atoms with van der Waals surface area (Å²) in [5, 5.41) is 2.44. The van der Waals surface area contributed by atoms with Gasteiger partial charge in [0.1, 0.15) is 11.5 Å². The van der Waals surface area contributed by atoms with Crippen LogP contribution in [0.5, 0.6) is 11.5 Å². The zero-order chi connectivity index (χ0) is 21.0. The minimum absolute atomic E-state index is 0.0369. The van der Waals surface area contributed by atoms with Crippen LogP contribution in [0.25, 0.3) is 11.3 Å². The molecular weight excluding hydrogens is 438 g/mol. The lowest BCUT2D eigenvalue weighted by molar-refractivity contribution is -0.0526. The lowest BCUT2D eigenvalue weighted by Crippen LogP contribution is -2.13. The number of anilines is 1. The van der Waals surface area contributed by atoms with Gasteiger partial charge in [-0.15, -0.1) is 11.3 Å². The predicted molar refractivity (Wildman–Crippen MR) is 98.0 cm³/mol.